The molecule has 0 radical (unpaired) electrons. The Morgan fingerprint density at radius 1 is 0.429 bits per heavy atom. The van der Waals surface area contributed by atoms with E-state index in [0.29, 0.717) is 0 Å². The lowest BCUT2D eigenvalue weighted by Crippen LogP contribution is -2.44. The lowest BCUT2D eigenvalue weighted by atomic mass is 9.95. The van der Waals surface area contributed by atoms with Crippen LogP contribution in [0.3, 0.4) is 0 Å². The van der Waals surface area contributed by atoms with Crippen LogP contribution in [-0.2, 0) is 0 Å². The standard InChI is InChI=1S/C57H39N4OS/c1-4-17-35(18-5-1)38-26-16-27-42-43-32-33-45-50-46(34-31-39(36-19-6-2-7-20-36)53(50)63-54(45)52(43)62-51(38)42)57-59-55(37-21-8-3-9-22-37)58-56(60-57)44-25-12-15-30-49(44)61-47-28-13-10-23-40(47)41-24-11-14-29-48(41)61/h1-34,55-59H/q-1. The number of hydrogen-bond donors (Lipinski definition) is 2. The average molecular weight is 828 g/mol. The van der Waals surface area contributed by atoms with Gasteiger partial charge < -0.3 is 24.9 Å². The van der Waals surface area contributed by atoms with E-state index in [1.54, 1.807) is 0 Å². The largest absolute Gasteiger partial charge is 0.624 e. The number of nitrogens with one attached hydrogen (secondary N) is 2. The Morgan fingerprint density at radius 2 is 1.00 bits per heavy atom. The van der Waals surface area contributed by atoms with Gasteiger partial charge in [0.1, 0.15) is 5.58 Å². The van der Waals surface area contributed by atoms with Crippen LogP contribution < -0.4 is 10.6 Å². The average Bonchev–Trinajstić information content (AvgIpc) is 4.05. The molecule has 5 nitrogen and oxygen atoms in total. The first-order valence-corrected chi connectivity index (χ1v) is 22.4. The Hall–Kier alpha value is -7.32. The highest BCUT2D eigenvalue weighted by Crippen LogP contribution is 2.50. The fourth-order valence-corrected chi connectivity index (χ4v) is 11.4. The van der Waals surface area contributed by atoms with Crippen molar-refractivity contribution in [1.29, 1.82) is 0 Å². The summed E-state index contributed by atoms with van der Waals surface area (Å²) in [6.07, 6.45) is -0.879. The summed E-state index contributed by atoms with van der Waals surface area (Å²) in [5, 5.41) is 20.8. The van der Waals surface area contributed by atoms with E-state index in [1.807, 2.05) is 11.3 Å². The fraction of sp³-hybridized carbons (Fsp3) is 0.0526. The van der Waals surface area contributed by atoms with Crippen LogP contribution in [0.5, 0.6) is 0 Å². The third-order valence-corrected chi connectivity index (χ3v) is 14.1. The molecule has 4 heterocycles. The highest BCUT2D eigenvalue weighted by atomic mass is 32.1. The van der Waals surface area contributed by atoms with E-state index in [4.69, 9.17) is 9.73 Å². The third kappa shape index (κ3) is 5.81. The van der Waals surface area contributed by atoms with Crippen LogP contribution in [0.25, 0.3) is 97.2 Å². The topological polar surface area (TPSA) is 56.2 Å². The van der Waals surface area contributed by atoms with Gasteiger partial charge in [0.2, 0.25) is 0 Å². The molecule has 3 atom stereocenters. The predicted octanol–water partition coefficient (Wildman–Crippen LogP) is 15.3. The number of thiophene rings is 1. The van der Waals surface area contributed by atoms with Gasteiger partial charge in [-0.1, -0.05) is 194 Å². The lowest BCUT2D eigenvalue weighted by molar-refractivity contribution is 0.317. The minimum absolute atomic E-state index is 0.183. The van der Waals surface area contributed by atoms with Gasteiger partial charge in [0.15, 0.2) is 5.58 Å². The maximum Gasteiger partial charge on any atom is 0.153 e. The van der Waals surface area contributed by atoms with E-state index in [-0.39, 0.29) is 18.5 Å². The molecule has 63 heavy (non-hydrogen) atoms. The second-order valence-corrected chi connectivity index (χ2v) is 17.4. The van der Waals surface area contributed by atoms with Gasteiger partial charge in [0.25, 0.3) is 0 Å². The van der Waals surface area contributed by atoms with Crippen molar-refractivity contribution < 1.29 is 4.42 Å². The Bertz CT molecular complexity index is 3630. The number of hydrogen-bond acceptors (Lipinski definition) is 4. The van der Waals surface area contributed by atoms with Gasteiger partial charge in [-0.3, -0.25) is 0 Å². The third-order valence-electron chi connectivity index (χ3n) is 12.9. The molecule has 0 bridgehead atoms. The van der Waals surface area contributed by atoms with Crippen LogP contribution in [-0.4, -0.2) is 4.57 Å². The summed E-state index contributed by atoms with van der Waals surface area (Å²) in [5.41, 5.74) is 13.3. The first-order valence-electron chi connectivity index (χ1n) is 21.6. The van der Waals surface area contributed by atoms with Crippen LogP contribution in [0.2, 0.25) is 0 Å². The van der Waals surface area contributed by atoms with Crippen LogP contribution in [0.15, 0.2) is 211 Å². The molecule has 1 aliphatic heterocycles. The molecule has 9 aromatic carbocycles. The molecular formula is C57H39N4OS-. The molecule has 6 heteroatoms. The van der Waals surface area contributed by atoms with Gasteiger partial charge in [-0.15, -0.1) is 11.3 Å². The molecule has 0 saturated carbocycles. The van der Waals surface area contributed by atoms with E-state index in [2.05, 4.69) is 221 Å². The number of furan rings is 1. The zero-order chi connectivity index (χ0) is 41.4. The van der Waals surface area contributed by atoms with Gasteiger partial charge >= 0.3 is 0 Å². The minimum atomic E-state index is -0.353. The molecule has 1 aliphatic rings. The molecule has 0 spiro atoms. The Kier molecular flexibility index (Phi) is 8.46. The molecule has 2 N–H and O–H groups in total. The predicted molar refractivity (Wildman–Crippen MR) is 263 cm³/mol. The quantitative estimate of drug-likeness (QED) is 0.176. The van der Waals surface area contributed by atoms with Gasteiger partial charge in [-0.25, -0.2) is 0 Å². The summed E-state index contributed by atoms with van der Waals surface area (Å²) in [5.74, 6) is 0. The summed E-state index contributed by atoms with van der Waals surface area (Å²) in [6, 6.07) is 73.8. The minimum Gasteiger partial charge on any atom is -0.624 e. The van der Waals surface area contributed by atoms with Crippen LogP contribution in [0.4, 0.5) is 0 Å². The van der Waals surface area contributed by atoms with E-state index < -0.39 is 0 Å². The second kappa shape index (κ2) is 14.7. The number of aromatic nitrogens is 1. The first-order chi connectivity index (χ1) is 31.3. The summed E-state index contributed by atoms with van der Waals surface area (Å²) in [4.78, 5) is 0. The van der Waals surface area contributed by atoms with Gasteiger partial charge in [-0.2, -0.15) is 0 Å². The smallest absolute Gasteiger partial charge is 0.153 e. The van der Waals surface area contributed by atoms with Crippen molar-refractivity contribution >= 4 is 75.3 Å². The molecule has 3 aromatic heterocycles. The highest BCUT2D eigenvalue weighted by molar-refractivity contribution is 7.27. The van der Waals surface area contributed by atoms with Gasteiger partial charge in [0.05, 0.1) is 21.9 Å². The fourth-order valence-electron chi connectivity index (χ4n) is 10.0. The second-order valence-electron chi connectivity index (χ2n) is 16.4. The number of benzene rings is 9. The zero-order valence-electron chi connectivity index (χ0n) is 34.1. The molecule has 3 unspecified atom stereocenters. The van der Waals surface area contributed by atoms with Crippen LogP contribution in [0.1, 0.15) is 35.2 Å². The van der Waals surface area contributed by atoms with E-state index in [9.17, 15) is 0 Å². The van der Waals surface area contributed by atoms with Crippen molar-refractivity contribution in [3.05, 3.63) is 228 Å². The van der Waals surface area contributed by atoms with Crippen molar-refractivity contribution in [2.24, 2.45) is 0 Å². The van der Waals surface area contributed by atoms with E-state index in [0.717, 1.165) is 60.1 Å². The van der Waals surface area contributed by atoms with Crippen molar-refractivity contribution in [3.63, 3.8) is 0 Å². The molecule has 13 rings (SSSR count). The molecule has 1 fully saturated rings. The normalized spacial score (nSPS) is 16.9. The Morgan fingerprint density at radius 3 is 1.73 bits per heavy atom. The van der Waals surface area contributed by atoms with E-state index in [1.165, 1.54) is 48.4 Å². The lowest BCUT2D eigenvalue weighted by Gasteiger charge is -2.51. The Balaban J connectivity index is 1.02. The van der Waals surface area contributed by atoms with E-state index >= 15 is 0 Å². The Labute approximate surface area is 367 Å². The van der Waals surface area contributed by atoms with Gasteiger partial charge in [0, 0.05) is 48.3 Å². The zero-order valence-corrected chi connectivity index (χ0v) is 34.9. The summed E-state index contributed by atoms with van der Waals surface area (Å²) in [7, 11) is 0. The first kappa shape index (κ1) is 36.3. The van der Waals surface area contributed by atoms with Crippen LogP contribution in [0, 0.1) is 0 Å². The van der Waals surface area contributed by atoms with Crippen molar-refractivity contribution in [2.75, 3.05) is 0 Å². The van der Waals surface area contributed by atoms with Crippen molar-refractivity contribution in [2.45, 2.75) is 18.5 Å². The monoisotopic (exact) mass is 827 g/mol. The van der Waals surface area contributed by atoms with Crippen molar-refractivity contribution in [3.8, 4) is 27.9 Å². The number of nitrogens with zero attached hydrogens (tertiary/aromatic N) is 2. The molecule has 300 valence electrons. The number of fused-ring (bicyclic) bond motifs is 10. The molecule has 0 amide bonds. The molecule has 1 saturated heterocycles. The summed E-state index contributed by atoms with van der Waals surface area (Å²) in [6.45, 7) is 0. The molecule has 12 aromatic rings. The number of para-hydroxylation sites is 4. The molecular weight excluding hydrogens is 789 g/mol. The van der Waals surface area contributed by atoms with Gasteiger partial charge in [-0.05, 0) is 57.6 Å². The number of rotatable bonds is 6. The molecule has 0 aliphatic carbocycles. The van der Waals surface area contributed by atoms with Crippen LogP contribution >= 0.6 is 11.3 Å². The maximum absolute atomic E-state index is 7.03. The van der Waals surface area contributed by atoms with Crippen molar-refractivity contribution in [1.82, 2.24) is 15.2 Å². The summed E-state index contributed by atoms with van der Waals surface area (Å²) >= 11 is 1.82. The SMILES string of the molecule is c1ccc(-c2cccc3c2oc2c3ccc3c2sc2c(-c4ccccc4)ccc(C4[N-]C(c5ccccc5-n5c6ccccc6c6ccccc65)NC(c5ccccc5)N4)c23)cc1. The summed E-state index contributed by atoms with van der Waals surface area (Å²) < 4.78 is 11.8. The maximum atomic E-state index is 7.03. The highest BCUT2D eigenvalue weighted by Gasteiger charge is 2.28.